The van der Waals surface area contributed by atoms with Gasteiger partial charge in [0.15, 0.2) is 0 Å². The molecule has 0 saturated heterocycles. The maximum absolute atomic E-state index is 4.66. The molecule has 0 amide bonds. The number of thioether (sulfide) groups is 1. The first kappa shape index (κ1) is 12.5. The van der Waals surface area contributed by atoms with Gasteiger partial charge in [-0.05, 0) is 42.4 Å². The number of thiol groups is 3. The molecule has 4 heteroatoms. The van der Waals surface area contributed by atoms with Crippen molar-refractivity contribution in [2.45, 2.75) is 23.3 Å². The molecule has 0 aromatic carbocycles. The van der Waals surface area contributed by atoms with Crippen LogP contribution in [0.25, 0.3) is 0 Å². The van der Waals surface area contributed by atoms with Crippen LogP contribution >= 0.6 is 49.6 Å². The largest absolute Gasteiger partial charge is 0.179 e. The summed E-state index contributed by atoms with van der Waals surface area (Å²) in [5.41, 5.74) is 0. The summed E-state index contributed by atoms with van der Waals surface area (Å²) in [5, 5.41) is 1.10. The molecule has 1 aliphatic rings. The van der Waals surface area contributed by atoms with Crippen molar-refractivity contribution in [3.8, 4) is 0 Å². The van der Waals surface area contributed by atoms with Crippen molar-refractivity contribution in [2.75, 3.05) is 17.8 Å². The van der Waals surface area contributed by atoms with Gasteiger partial charge < -0.3 is 0 Å². The van der Waals surface area contributed by atoms with E-state index in [-0.39, 0.29) is 0 Å². The molecule has 0 heterocycles. The van der Waals surface area contributed by atoms with E-state index in [2.05, 4.69) is 44.1 Å². The van der Waals surface area contributed by atoms with Gasteiger partial charge in [-0.3, -0.25) is 0 Å². The number of hydrogen-bond acceptors (Lipinski definition) is 4. The molecule has 78 valence electrons. The molecule has 0 aliphatic heterocycles. The maximum Gasteiger partial charge on any atom is 0.00566 e. The van der Waals surface area contributed by atoms with Gasteiger partial charge in [0.05, 0.1) is 0 Å². The first-order chi connectivity index (χ1) is 6.19. The van der Waals surface area contributed by atoms with Crippen LogP contribution in [-0.2, 0) is 0 Å². The maximum atomic E-state index is 4.66. The molecule has 1 aliphatic carbocycles. The summed E-state index contributed by atoms with van der Waals surface area (Å²) >= 11 is 15.6. The van der Waals surface area contributed by atoms with Crippen LogP contribution in [0.4, 0.5) is 0 Å². The average molecular weight is 255 g/mol. The summed E-state index contributed by atoms with van der Waals surface area (Å²) in [7, 11) is 0. The zero-order chi connectivity index (χ0) is 9.84. The summed E-state index contributed by atoms with van der Waals surface area (Å²) in [6.07, 6.45) is 4.56. The lowest BCUT2D eigenvalue weighted by molar-refractivity contribution is 0.340. The standard InChI is InChI=1S/C9H18S4/c1-13-5-7-3-8(11)6(4-10)2-9(7)12/h6-12H,2-5H2,1H3. The molecule has 1 saturated carbocycles. The fourth-order valence-corrected chi connectivity index (χ4v) is 4.41. The summed E-state index contributed by atoms with van der Waals surface area (Å²) in [4.78, 5) is 0. The molecular formula is C9H18S4. The zero-order valence-corrected chi connectivity index (χ0v) is 11.4. The minimum Gasteiger partial charge on any atom is -0.179 e. The molecule has 0 nitrogen and oxygen atoms in total. The molecule has 1 fully saturated rings. The van der Waals surface area contributed by atoms with E-state index >= 15 is 0 Å². The molecule has 0 radical (unpaired) electrons. The van der Waals surface area contributed by atoms with Crippen LogP contribution in [0.5, 0.6) is 0 Å². The fourth-order valence-electron chi connectivity index (χ4n) is 1.91. The quantitative estimate of drug-likeness (QED) is 0.651. The van der Waals surface area contributed by atoms with Gasteiger partial charge >= 0.3 is 0 Å². The minimum absolute atomic E-state index is 0.540. The van der Waals surface area contributed by atoms with Crippen LogP contribution in [0, 0.1) is 11.8 Å². The van der Waals surface area contributed by atoms with Crippen LogP contribution in [0.3, 0.4) is 0 Å². The molecule has 13 heavy (non-hydrogen) atoms. The van der Waals surface area contributed by atoms with E-state index < -0.39 is 0 Å². The Hall–Kier alpha value is 1.40. The molecule has 0 bridgehead atoms. The van der Waals surface area contributed by atoms with Crippen molar-refractivity contribution in [1.29, 1.82) is 0 Å². The second-order valence-corrected chi connectivity index (χ2v) is 6.37. The van der Waals surface area contributed by atoms with E-state index in [0.29, 0.717) is 16.4 Å². The highest BCUT2D eigenvalue weighted by Gasteiger charge is 2.32. The van der Waals surface area contributed by atoms with E-state index in [4.69, 9.17) is 0 Å². The third-order valence-electron chi connectivity index (χ3n) is 2.79. The highest BCUT2D eigenvalue weighted by molar-refractivity contribution is 7.98. The van der Waals surface area contributed by atoms with Crippen LogP contribution < -0.4 is 0 Å². The number of rotatable bonds is 3. The van der Waals surface area contributed by atoms with Crippen molar-refractivity contribution in [3.05, 3.63) is 0 Å². The Morgan fingerprint density at radius 2 is 1.69 bits per heavy atom. The average Bonchev–Trinajstić information content (AvgIpc) is 2.11. The molecular weight excluding hydrogens is 236 g/mol. The third-order valence-corrected chi connectivity index (χ3v) is 5.29. The van der Waals surface area contributed by atoms with E-state index in [0.717, 1.165) is 11.7 Å². The Balaban J connectivity index is 2.46. The van der Waals surface area contributed by atoms with Crippen molar-refractivity contribution < 1.29 is 0 Å². The lowest BCUT2D eigenvalue weighted by Gasteiger charge is -2.36. The van der Waals surface area contributed by atoms with Crippen LogP contribution in [0.1, 0.15) is 12.8 Å². The van der Waals surface area contributed by atoms with Gasteiger partial charge in [0.1, 0.15) is 0 Å². The molecule has 0 spiro atoms. The van der Waals surface area contributed by atoms with Gasteiger partial charge in [-0.25, -0.2) is 0 Å². The lowest BCUT2D eigenvalue weighted by atomic mass is 9.83. The topological polar surface area (TPSA) is 0 Å². The highest BCUT2D eigenvalue weighted by Crippen LogP contribution is 2.37. The van der Waals surface area contributed by atoms with E-state index in [1.165, 1.54) is 18.6 Å². The molecule has 0 N–H and O–H groups in total. The lowest BCUT2D eigenvalue weighted by Crippen LogP contribution is -2.35. The monoisotopic (exact) mass is 254 g/mol. The van der Waals surface area contributed by atoms with Gasteiger partial charge in [-0.1, -0.05) is 0 Å². The van der Waals surface area contributed by atoms with E-state index in [1.54, 1.807) is 0 Å². The van der Waals surface area contributed by atoms with Crippen molar-refractivity contribution in [2.24, 2.45) is 11.8 Å². The second kappa shape index (κ2) is 6.09. The smallest absolute Gasteiger partial charge is 0.00566 e. The van der Waals surface area contributed by atoms with Gasteiger partial charge in [0.2, 0.25) is 0 Å². The summed E-state index contributed by atoms with van der Waals surface area (Å²) in [6, 6.07) is 0. The Morgan fingerprint density at radius 3 is 2.23 bits per heavy atom. The zero-order valence-electron chi connectivity index (χ0n) is 7.89. The summed E-state index contributed by atoms with van der Waals surface area (Å²) in [6.45, 7) is 0. The Labute approximate surface area is 102 Å². The predicted molar refractivity (Wildman–Crippen MR) is 74.0 cm³/mol. The molecule has 0 aromatic rings. The first-order valence-corrected chi connectivity index (χ1v) is 7.70. The third kappa shape index (κ3) is 3.47. The Kier molecular flexibility index (Phi) is 5.84. The molecule has 1 rings (SSSR count). The Morgan fingerprint density at radius 1 is 1.15 bits per heavy atom. The van der Waals surface area contributed by atoms with E-state index in [1.807, 2.05) is 11.8 Å². The van der Waals surface area contributed by atoms with Crippen molar-refractivity contribution in [3.63, 3.8) is 0 Å². The van der Waals surface area contributed by atoms with Crippen LogP contribution in [0.2, 0.25) is 0 Å². The Bertz CT molecular complexity index is 151. The van der Waals surface area contributed by atoms with Gasteiger partial charge in [-0.15, -0.1) is 0 Å². The van der Waals surface area contributed by atoms with Crippen molar-refractivity contribution >= 4 is 49.6 Å². The van der Waals surface area contributed by atoms with E-state index in [9.17, 15) is 0 Å². The second-order valence-electron chi connectivity index (χ2n) is 3.76. The fraction of sp³-hybridized carbons (Fsp3) is 1.00. The van der Waals surface area contributed by atoms with Crippen molar-refractivity contribution in [1.82, 2.24) is 0 Å². The molecule has 4 atom stereocenters. The minimum atomic E-state index is 0.540. The number of hydrogen-bond donors (Lipinski definition) is 3. The normalized spacial score (nSPS) is 40.6. The van der Waals surface area contributed by atoms with Gasteiger partial charge in [0.25, 0.3) is 0 Å². The SMILES string of the molecule is CSCC1CC(S)C(CS)CC1S. The molecule has 0 aromatic heterocycles. The van der Waals surface area contributed by atoms with Crippen LogP contribution in [0.15, 0.2) is 0 Å². The molecule has 4 unspecified atom stereocenters. The highest BCUT2D eigenvalue weighted by atomic mass is 32.2. The predicted octanol–water partition coefficient (Wildman–Crippen LogP) is 2.90. The van der Waals surface area contributed by atoms with Gasteiger partial charge in [-0.2, -0.15) is 49.6 Å². The van der Waals surface area contributed by atoms with Gasteiger partial charge in [0, 0.05) is 10.5 Å². The summed E-state index contributed by atoms with van der Waals surface area (Å²) in [5.74, 6) is 3.59. The van der Waals surface area contributed by atoms with Crippen LogP contribution in [-0.4, -0.2) is 28.3 Å². The summed E-state index contributed by atoms with van der Waals surface area (Å²) < 4.78 is 0. The first-order valence-electron chi connectivity index (χ1n) is 4.65.